The van der Waals surface area contributed by atoms with Gasteiger partial charge in [-0.2, -0.15) is 0 Å². The van der Waals surface area contributed by atoms with E-state index in [2.05, 4.69) is 12.1 Å². The van der Waals surface area contributed by atoms with E-state index in [1.807, 2.05) is 37.3 Å². The second kappa shape index (κ2) is 4.68. The lowest BCUT2D eigenvalue weighted by molar-refractivity contribution is -0.174. The van der Waals surface area contributed by atoms with Crippen molar-refractivity contribution in [2.24, 2.45) is 17.0 Å². The van der Waals surface area contributed by atoms with Gasteiger partial charge in [0.05, 0.1) is 0 Å². The zero-order valence-corrected chi connectivity index (χ0v) is 11.1. The number of hydrogen-bond donors (Lipinski definition) is 0. The summed E-state index contributed by atoms with van der Waals surface area (Å²) in [5.74, 6) is -0.437. The van der Waals surface area contributed by atoms with E-state index >= 15 is 0 Å². The molecule has 1 saturated heterocycles. The molecule has 1 aromatic carbocycles. The molecule has 4 atom stereocenters. The van der Waals surface area contributed by atoms with Gasteiger partial charge in [0, 0.05) is 11.5 Å². The Morgan fingerprint density at radius 1 is 1.26 bits per heavy atom. The number of oxime groups is 1. The normalized spacial score (nSPS) is 33.2. The van der Waals surface area contributed by atoms with Crippen LogP contribution in [-0.2, 0) is 14.4 Å². The zero-order chi connectivity index (χ0) is 13.4. The fourth-order valence-corrected chi connectivity index (χ4v) is 2.87. The van der Waals surface area contributed by atoms with E-state index in [1.165, 1.54) is 0 Å². The second-order valence-corrected chi connectivity index (χ2v) is 5.13. The van der Waals surface area contributed by atoms with Gasteiger partial charge in [0.25, 0.3) is 0 Å². The molecule has 1 aromatic rings. The Hall–Kier alpha value is -1.84. The van der Waals surface area contributed by atoms with Crippen LogP contribution in [0.15, 0.2) is 35.5 Å². The molecule has 19 heavy (non-hydrogen) atoms. The minimum atomic E-state index is -0.389. The van der Waals surface area contributed by atoms with Gasteiger partial charge >= 0.3 is 5.97 Å². The first-order chi connectivity index (χ1) is 9.22. The molecule has 2 heterocycles. The van der Waals surface area contributed by atoms with Crippen LogP contribution in [0.1, 0.15) is 25.8 Å². The molecule has 0 aliphatic carbocycles. The summed E-state index contributed by atoms with van der Waals surface area (Å²) >= 11 is 0. The average Bonchev–Trinajstić information content (AvgIpc) is 2.89. The summed E-state index contributed by atoms with van der Waals surface area (Å²) in [5, 5.41) is 4.14. The predicted molar refractivity (Wildman–Crippen MR) is 70.7 cm³/mol. The fourth-order valence-electron chi connectivity index (χ4n) is 2.87. The summed E-state index contributed by atoms with van der Waals surface area (Å²) in [6, 6.07) is 9.67. The molecule has 2 aliphatic heterocycles. The van der Waals surface area contributed by atoms with Crippen molar-refractivity contribution in [3.05, 3.63) is 35.9 Å². The largest absolute Gasteiger partial charge is 0.461 e. The van der Waals surface area contributed by atoms with Crippen LogP contribution in [0.25, 0.3) is 0 Å². The van der Waals surface area contributed by atoms with Crippen molar-refractivity contribution in [1.29, 1.82) is 0 Å². The topological polar surface area (TPSA) is 47.9 Å². The first-order valence-corrected chi connectivity index (χ1v) is 6.72. The lowest BCUT2D eigenvalue weighted by Crippen LogP contribution is -2.48. The summed E-state index contributed by atoms with van der Waals surface area (Å²) < 4.78 is 5.51. The van der Waals surface area contributed by atoms with Gasteiger partial charge in [0.2, 0.25) is 0 Å². The number of cyclic esters (lactones) is 1. The molecule has 0 saturated carbocycles. The molecule has 0 bridgehead atoms. The molecule has 0 aromatic heterocycles. The quantitative estimate of drug-likeness (QED) is 0.766. The van der Waals surface area contributed by atoms with E-state index < -0.39 is 0 Å². The molecular formula is C15H17NO3. The maximum atomic E-state index is 12.2. The number of hydrogen-bond acceptors (Lipinski definition) is 4. The van der Waals surface area contributed by atoms with E-state index in [4.69, 9.17) is 9.57 Å². The molecule has 0 radical (unpaired) electrons. The maximum absolute atomic E-state index is 12.2. The Morgan fingerprint density at radius 2 is 2.00 bits per heavy atom. The summed E-state index contributed by atoms with van der Waals surface area (Å²) in [6.07, 6.45) is 0.542. The van der Waals surface area contributed by atoms with Crippen molar-refractivity contribution >= 4 is 11.7 Å². The van der Waals surface area contributed by atoms with Gasteiger partial charge in [-0.1, -0.05) is 49.3 Å². The second-order valence-electron chi connectivity index (χ2n) is 5.13. The molecule has 1 fully saturated rings. The number of carbonyl (C=O) groups excluding carboxylic acids is 1. The van der Waals surface area contributed by atoms with Crippen LogP contribution in [-0.4, -0.2) is 23.9 Å². The number of nitrogens with zero attached hydrogens (tertiary/aromatic N) is 1. The molecule has 4 unspecified atom stereocenters. The molecule has 4 heteroatoms. The van der Waals surface area contributed by atoms with Crippen molar-refractivity contribution in [2.45, 2.75) is 32.5 Å². The number of rotatable bonds is 2. The van der Waals surface area contributed by atoms with Gasteiger partial charge in [-0.25, -0.2) is 0 Å². The number of fused-ring (bicyclic) bond motifs is 1. The Kier molecular flexibility index (Phi) is 3.01. The highest BCUT2D eigenvalue weighted by Gasteiger charge is 2.51. The minimum absolute atomic E-state index is 0.0703. The first-order valence-electron chi connectivity index (χ1n) is 6.72. The zero-order valence-electron chi connectivity index (χ0n) is 11.1. The Morgan fingerprint density at radius 3 is 2.68 bits per heavy atom. The lowest BCUT2D eigenvalue weighted by atomic mass is 9.81. The summed E-state index contributed by atoms with van der Waals surface area (Å²) in [7, 11) is 0. The van der Waals surface area contributed by atoms with Crippen LogP contribution in [0.3, 0.4) is 0 Å². The third-order valence-electron chi connectivity index (χ3n) is 3.99. The van der Waals surface area contributed by atoms with Gasteiger partial charge in [-0.15, -0.1) is 0 Å². The fraction of sp³-hybridized carbons (Fsp3) is 0.467. The summed E-state index contributed by atoms with van der Waals surface area (Å²) in [5.41, 5.74) is 1.62. The SMILES string of the molecule is CCC1OC(=O)C2C(c3ccccc3)=NOC2C1C. The average molecular weight is 259 g/mol. The monoisotopic (exact) mass is 259 g/mol. The van der Waals surface area contributed by atoms with Crippen molar-refractivity contribution < 1.29 is 14.4 Å². The smallest absolute Gasteiger partial charge is 0.319 e. The molecule has 4 nitrogen and oxygen atoms in total. The molecule has 0 amide bonds. The van der Waals surface area contributed by atoms with Crippen molar-refractivity contribution in [2.75, 3.05) is 0 Å². The highest BCUT2D eigenvalue weighted by atomic mass is 16.7. The Balaban J connectivity index is 1.91. The number of carbonyl (C=O) groups is 1. The van der Waals surface area contributed by atoms with Gasteiger partial charge in [0.1, 0.15) is 17.7 Å². The van der Waals surface area contributed by atoms with Crippen LogP contribution in [0.4, 0.5) is 0 Å². The molecule has 2 aliphatic rings. The molecular weight excluding hydrogens is 242 g/mol. The Bertz CT molecular complexity index is 511. The number of ether oxygens (including phenoxy) is 1. The minimum Gasteiger partial charge on any atom is -0.461 e. The number of esters is 1. The van der Waals surface area contributed by atoms with Crippen LogP contribution >= 0.6 is 0 Å². The van der Waals surface area contributed by atoms with Gasteiger partial charge in [-0.3, -0.25) is 4.79 Å². The maximum Gasteiger partial charge on any atom is 0.319 e. The number of benzene rings is 1. The summed E-state index contributed by atoms with van der Waals surface area (Å²) in [4.78, 5) is 17.7. The summed E-state index contributed by atoms with van der Waals surface area (Å²) in [6.45, 7) is 4.07. The Labute approximate surface area is 112 Å². The predicted octanol–water partition coefficient (Wildman–Crippen LogP) is 2.38. The highest BCUT2D eigenvalue weighted by Crippen LogP contribution is 2.36. The van der Waals surface area contributed by atoms with E-state index in [0.29, 0.717) is 5.71 Å². The van der Waals surface area contributed by atoms with E-state index in [1.54, 1.807) is 0 Å². The van der Waals surface area contributed by atoms with Crippen molar-refractivity contribution in [1.82, 2.24) is 0 Å². The van der Waals surface area contributed by atoms with E-state index in [9.17, 15) is 4.79 Å². The van der Waals surface area contributed by atoms with E-state index in [0.717, 1.165) is 12.0 Å². The van der Waals surface area contributed by atoms with Crippen LogP contribution in [0.2, 0.25) is 0 Å². The standard InChI is InChI=1S/C15H17NO3/c1-3-11-9(2)14-12(15(17)18-11)13(16-19-14)10-7-5-4-6-8-10/h4-9,11-12,14H,3H2,1-2H3. The van der Waals surface area contributed by atoms with Crippen molar-refractivity contribution in [3.63, 3.8) is 0 Å². The van der Waals surface area contributed by atoms with E-state index in [-0.39, 0.29) is 30.0 Å². The van der Waals surface area contributed by atoms with Crippen molar-refractivity contribution in [3.8, 4) is 0 Å². The van der Waals surface area contributed by atoms with Gasteiger partial charge in [0.15, 0.2) is 6.10 Å². The molecule has 100 valence electrons. The molecule has 3 rings (SSSR count). The van der Waals surface area contributed by atoms with Crippen LogP contribution in [0, 0.1) is 11.8 Å². The lowest BCUT2D eigenvalue weighted by Gasteiger charge is -2.34. The van der Waals surface area contributed by atoms with Gasteiger partial charge < -0.3 is 9.57 Å². The third kappa shape index (κ3) is 1.91. The van der Waals surface area contributed by atoms with Gasteiger partial charge in [-0.05, 0) is 6.42 Å². The first kappa shape index (κ1) is 12.2. The van der Waals surface area contributed by atoms with Crippen LogP contribution in [0.5, 0.6) is 0 Å². The molecule has 0 spiro atoms. The molecule has 0 N–H and O–H groups in total. The third-order valence-corrected chi connectivity index (χ3v) is 3.99. The highest BCUT2D eigenvalue weighted by molar-refractivity contribution is 6.13. The van der Waals surface area contributed by atoms with Crippen LogP contribution < -0.4 is 0 Å².